The summed E-state index contributed by atoms with van der Waals surface area (Å²) in [6.45, 7) is 7.11. The van der Waals surface area contributed by atoms with Crippen molar-refractivity contribution in [3.05, 3.63) is 28.0 Å². The van der Waals surface area contributed by atoms with Crippen LogP contribution in [0.25, 0.3) is 0 Å². The molecule has 1 N–H and O–H groups in total. The highest BCUT2D eigenvalue weighted by molar-refractivity contribution is 6.61. The van der Waals surface area contributed by atoms with E-state index in [1.165, 1.54) is 0 Å². The molecule has 0 spiro atoms. The number of alkyl halides is 3. The van der Waals surface area contributed by atoms with Gasteiger partial charge in [0, 0.05) is 11.7 Å². The maximum atomic E-state index is 12.7. The third kappa shape index (κ3) is 2.62. The number of aromatic amines is 1. The van der Waals surface area contributed by atoms with Crippen molar-refractivity contribution in [2.45, 2.75) is 45.1 Å². The average molecular weight is 289 g/mol. The van der Waals surface area contributed by atoms with Crippen LogP contribution in [0, 0.1) is 0 Å². The molecule has 0 aromatic carbocycles. The second-order valence-electron chi connectivity index (χ2n) is 5.77. The standard InChI is InChI=1S/C12H15BF3NO3/c1-10(2)11(3,4)20-13(19-10)8-5-7(12(14,15)16)6-9(18)17-8/h5-6H,1-4H3,(H,17,18). The summed E-state index contributed by atoms with van der Waals surface area (Å²) in [6.07, 6.45) is -4.59. The summed E-state index contributed by atoms with van der Waals surface area (Å²) in [5.74, 6) is 0. The number of pyridine rings is 1. The first-order valence-corrected chi connectivity index (χ1v) is 6.09. The number of hydrogen-bond donors (Lipinski definition) is 1. The summed E-state index contributed by atoms with van der Waals surface area (Å²) in [5.41, 5.74) is -3.29. The fraction of sp³-hybridized carbons (Fsp3) is 0.583. The molecule has 1 aromatic rings. The Morgan fingerprint density at radius 3 is 2.05 bits per heavy atom. The minimum absolute atomic E-state index is 0.0384. The molecular formula is C12H15BF3NO3. The van der Waals surface area contributed by atoms with E-state index in [2.05, 4.69) is 4.98 Å². The second kappa shape index (κ2) is 4.36. The van der Waals surface area contributed by atoms with Crippen molar-refractivity contribution in [3.8, 4) is 0 Å². The summed E-state index contributed by atoms with van der Waals surface area (Å²) in [7, 11) is -1.03. The fourth-order valence-corrected chi connectivity index (χ4v) is 1.83. The molecule has 1 saturated heterocycles. The fourth-order valence-electron chi connectivity index (χ4n) is 1.83. The average Bonchev–Trinajstić information content (AvgIpc) is 2.46. The number of aromatic nitrogens is 1. The molecule has 1 aromatic heterocycles. The predicted octanol–water partition coefficient (Wildman–Crippen LogP) is 1.69. The normalized spacial score (nSPS) is 21.2. The number of halogens is 3. The third-order valence-electron chi connectivity index (χ3n) is 3.70. The molecule has 0 saturated carbocycles. The maximum Gasteiger partial charge on any atom is 0.512 e. The van der Waals surface area contributed by atoms with Gasteiger partial charge in [-0.15, -0.1) is 0 Å². The number of H-pyrrole nitrogens is 1. The molecule has 1 aliphatic heterocycles. The van der Waals surface area contributed by atoms with Crippen molar-refractivity contribution >= 4 is 12.7 Å². The van der Waals surface area contributed by atoms with Crippen LogP contribution in [-0.2, 0) is 15.5 Å². The summed E-state index contributed by atoms with van der Waals surface area (Å²) < 4.78 is 49.3. The summed E-state index contributed by atoms with van der Waals surface area (Å²) >= 11 is 0. The molecule has 0 atom stereocenters. The number of nitrogens with one attached hydrogen (secondary N) is 1. The second-order valence-corrected chi connectivity index (χ2v) is 5.77. The van der Waals surface area contributed by atoms with Crippen LogP contribution >= 0.6 is 0 Å². The lowest BCUT2D eigenvalue weighted by Gasteiger charge is -2.32. The van der Waals surface area contributed by atoms with E-state index in [9.17, 15) is 18.0 Å². The lowest BCUT2D eigenvalue weighted by atomic mass is 9.83. The third-order valence-corrected chi connectivity index (χ3v) is 3.70. The highest BCUT2D eigenvalue weighted by atomic mass is 19.4. The Morgan fingerprint density at radius 1 is 1.10 bits per heavy atom. The van der Waals surface area contributed by atoms with Gasteiger partial charge in [-0.05, 0) is 33.8 Å². The molecule has 0 amide bonds. The molecule has 1 aliphatic rings. The summed E-state index contributed by atoms with van der Waals surface area (Å²) in [4.78, 5) is 13.7. The van der Waals surface area contributed by atoms with Gasteiger partial charge in [-0.3, -0.25) is 4.79 Å². The van der Waals surface area contributed by atoms with Crippen molar-refractivity contribution < 1.29 is 22.5 Å². The van der Waals surface area contributed by atoms with Gasteiger partial charge in [0.15, 0.2) is 0 Å². The molecule has 1 fully saturated rings. The molecule has 2 rings (SSSR count). The van der Waals surface area contributed by atoms with E-state index < -0.39 is 35.6 Å². The molecule has 0 radical (unpaired) electrons. The zero-order chi connectivity index (χ0) is 15.3. The largest absolute Gasteiger partial charge is 0.512 e. The highest BCUT2D eigenvalue weighted by Gasteiger charge is 2.52. The molecule has 0 aliphatic carbocycles. The van der Waals surface area contributed by atoms with Gasteiger partial charge in [-0.25, -0.2) is 0 Å². The first kappa shape index (κ1) is 15.1. The zero-order valence-electron chi connectivity index (χ0n) is 11.6. The van der Waals surface area contributed by atoms with Crippen molar-refractivity contribution in [3.63, 3.8) is 0 Å². The summed E-state index contributed by atoms with van der Waals surface area (Å²) in [6, 6.07) is 1.35. The van der Waals surface area contributed by atoms with Gasteiger partial charge in [-0.2, -0.15) is 13.2 Å². The molecule has 8 heteroatoms. The van der Waals surface area contributed by atoms with Crippen LogP contribution in [0.1, 0.15) is 33.3 Å². The van der Waals surface area contributed by atoms with E-state index in [1.807, 2.05) is 0 Å². The van der Waals surface area contributed by atoms with E-state index in [1.54, 1.807) is 27.7 Å². The Bertz CT molecular complexity index is 564. The quantitative estimate of drug-likeness (QED) is 0.800. The van der Waals surface area contributed by atoms with Gasteiger partial charge >= 0.3 is 13.3 Å². The predicted molar refractivity (Wildman–Crippen MR) is 67.8 cm³/mol. The van der Waals surface area contributed by atoms with Crippen molar-refractivity contribution in [2.75, 3.05) is 0 Å². The molecule has 4 nitrogen and oxygen atoms in total. The lowest BCUT2D eigenvalue weighted by molar-refractivity contribution is -0.137. The summed E-state index contributed by atoms with van der Waals surface area (Å²) in [5, 5.41) is 0. The van der Waals surface area contributed by atoms with Crippen LogP contribution < -0.4 is 11.2 Å². The minimum Gasteiger partial charge on any atom is -0.398 e. The Balaban J connectivity index is 2.41. The Hall–Kier alpha value is -1.28. The number of hydrogen-bond acceptors (Lipinski definition) is 3. The molecule has 0 unspecified atom stereocenters. The van der Waals surface area contributed by atoms with Crippen LogP contribution in [0.2, 0.25) is 0 Å². The van der Waals surface area contributed by atoms with Crippen LogP contribution in [0.15, 0.2) is 16.9 Å². The lowest BCUT2D eigenvalue weighted by Crippen LogP contribution is -2.41. The SMILES string of the molecule is CC1(C)OB(c2cc(C(F)(F)F)cc(=O)[nH]2)OC1(C)C. The molecule has 20 heavy (non-hydrogen) atoms. The van der Waals surface area contributed by atoms with Gasteiger partial charge in [0.1, 0.15) is 0 Å². The Labute approximate surface area is 114 Å². The van der Waals surface area contributed by atoms with Crippen molar-refractivity contribution in [1.29, 1.82) is 0 Å². The van der Waals surface area contributed by atoms with E-state index in [0.717, 1.165) is 6.07 Å². The zero-order valence-corrected chi connectivity index (χ0v) is 11.6. The van der Waals surface area contributed by atoms with Crippen LogP contribution in [0.3, 0.4) is 0 Å². The smallest absolute Gasteiger partial charge is 0.398 e. The van der Waals surface area contributed by atoms with E-state index >= 15 is 0 Å². The molecular weight excluding hydrogens is 274 g/mol. The van der Waals surface area contributed by atoms with Crippen LogP contribution in [0.4, 0.5) is 13.2 Å². The number of rotatable bonds is 1. The van der Waals surface area contributed by atoms with Crippen molar-refractivity contribution in [1.82, 2.24) is 4.98 Å². The van der Waals surface area contributed by atoms with E-state index in [0.29, 0.717) is 6.07 Å². The first-order chi connectivity index (χ1) is 8.92. The van der Waals surface area contributed by atoms with Gasteiger partial charge in [0.25, 0.3) is 0 Å². The monoisotopic (exact) mass is 289 g/mol. The van der Waals surface area contributed by atoms with Gasteiger partial charge in [0.2, 0.25) is 5.56 Å². The highest BCUT2D eigenvalue weighted by Crippen LogP contribution is 2.36. The van der Waals surface area contributed by atoms with Gasteiger partial charge in [0.05, 0.1) is 16.8 Å². The Morgan fingerprint density at radius 2 is 1.60 bits per heavy atom. The van der Waals surface area contributed by atoms with Crippen molar-refractivity contribution in [2.24, 2.45) is 0 Å². The van der Waals surface area contributed by atoms with Crippen LogP contribution in [-0.4, -0.2) is 23.3 Å². The van der Waals surface area contributed by atoms with E-state index in [-0.39, 0.29) is 5.59 Å². The maximum absolute atomic E-state index is 12.7. The molecule has 2 heterocycles. The van der Waals surface area contributed by atoms with E-state index in [4.69, 9.17) is 9.31 Å². The van der Waals surface area contributed by atoms with Crippen LogP contribution in [0.5, 0.6) is 0 Å². The van der Waals surface area contributed by atoms with Gasteiger partial charge in [-0.1, -0.05) is 0 Å². The minimum atomic E-state index is -4.59. The first-order valence-electron chi connectivity index (χ1n) is 6.09. The Kier molecular flexibility index (Phi) is 3.30. The topological polar surface area (TPSA) is 51.3 Å². The molecule has 110 valence electrons. The van der Waals surface area contributed by atoms with Gasteiger partial charge < -0.3 is 14.3 Å². The molecule has 0 bridgehead atoms.